The van der Waals surface area contributed by atoms with Crippen molar-refractivity contribution in [2.45, 2.75) is 25.9 Å². The molecule has 0 saturated carbocycles. The fourth-order valence-corrected chi connectivity index (χ4v) is 4.32. The Morgan fingerprint density at radius 3 is 2.27 bits per heavy atom. The number of anilines is 1. The zero-order valence-electron chi connectivity index (χ0n) is 17.1. The molecule has 8 heteroatoms. The van der Waals surface area contributed by atoms with Crippen molar-refractivity contribution in [3.8, 4) is 11.1 Å². The minimum Gasteiger partial charge on any atom is -0.452 e. The number of rotatable bonds is 6. The second kappa shape index (κ2) is 9.40. The van der Waals surface area contributed by atoms with Gasteiger partial charge in [0.05, 0.1) is 12.2 Å². The van der Waals surface area contributed by atoms with Gasteiger partial charge in [-0.3, -0.25) is 9.59 Å². The molecule has 1 aliphatic rings. The third kappa shape index (κ3) is 5.46. The highest BCUT2D eigenvalue weighted by molar-refractivity contribution is 7.88. The van der Waals surface area contributed by atoms with Gasteiger partial charge in [-0.2, -0.15) is 0 Å². The Hall–Kier alpha value is -2.71. The molecular formula is C22H26N2O5S. The van der Waals surface area contributed by atoms with Crippen molar-refractivity contribution in [2.24, 2.45) is 5.92 Å². The van der Waals surface area contributed by atoms with Crippen LogP contribution in [0.4, 0.5) is 5.69 Å². The number of benzene rings is 2. The number of ether oxygens (including phenoxy) is 1. The van der Waals surface area contributed by atoms with Crippen LogP contribution in [0.1, 0.15) is 19.8 Å². The van der Waals surface area contributed by atoms with E-state index in [1.165, 1.54) is 11.2 Å². The Kier molecular flexibility index (Phi) is 6.89. The lowest BCUT2D eigenvalue weighted by Crippen LogP contribution is -2.41. The van der Waals surface area contributed by atoms with Crippen molar-refractivity contribution in [1.29, 1.82) is 0 Å². The molecule has 1 fully saturated rings. The Morgan fingerprint density at radius 1 is 1.03 bits per heavy atom. The fraction of sp³-hybridized carbons (Fsp3) is 0.364. The Balaban J connectivity index is 1.59. The predicted octanol–water partition coefficient (Wildman–Crippen LogP) is 2.90. The maximum absolute atomic E-state index is 12.6. The molecule has 2 aromatic rings. The van der Waals surface area contributed by atoms with E-state index in [-0.39, 0.29) is 13.1 Å². The lowest BCUT2D eigenvalue weighted by atomic mass is 9.98. The third-order valence-electron chi connectivity index (χ3n) is 5.19. The van der Waals surface area contributed by atoms with E-state index in [9.17, 15) is 18.0 Å². The lowest BCUT2D eigenvalue weighted by Gasteiger charge is -2.29. The van der Waals surface area contributed by atoms with Crippen LogP contribution < -0.4 is 5.32 Å². The van der Waals surface area contributed by atoms with Gasteiger partial charge in [-0.1, -0.05) is 48.5 Å². The first-order chi connectivity index (χ1) is 14.3. The van der Waals surface area contributed by atoms with E-state index in [0.29, 0.717) is 18.5 Å². The van der Waals surface area contributed by atoms with Gasteiger partial charge in [0.1, 0.15) is 0 Å². The number of nitrogens with one attached hydrogen (secondary N) is 1. The summed E-state index contributed by atoms with van der Waals surface area (Å²) in [5.41, 5.74) is 2.48. The number of carbonyl (C=O) groups is 2. The van der Waals surface area contributed by atoms with Gasteiger partial charge in [0.15, 0.2) is 6.10 Å². The number of amides is 1. The first kappa shape index (κ1) is 22.0. The molecule has 30 heavy (non-hydrogen) atoms. The molecule has 1 heterocycles. The zero-order valence-corrected chi connectivity index (χ0v) is 17.9. The standard InChI is InChI=1S/C22H26N2O5S/c1-16(29-22(26)18-12-14-24(15-13-18)30(2,27)28)21(25)23-20-11-7-6-10-19(20)17-8-4-3-5-9-17/h3-11,16,18H,12-15H2,1-2H3,(H,23,25). The summed E-state index contributed by atoms with van der Waals surface area (Å²) in [7, 11) is -3.26. The van der Waals surface area contributed by atoms with Gasteiger partial charge in [-0.05, 0) is 31.4 Å². The Labute approximate surface area is 177 Å². The minimum absolute atomic E-state index is 0.281. The molecule has 2 aromatic carbocycles. The van der Waals surface area contributed by atoms with Crippen LogP contribution in [0.3, 0.4) is 0 Å². The number of piperidine rings is 1. The van der Waals surface area contributed by atoms with E-state index in [4.69, 9.17) is 4.74 Å². The summed E-state index contributed by atoms with van der Waals surface area (Å²) in [5, 5.41) is 2.84. The quantitative estimate of drug-likeness (QED) is 0.712. The molecule has 0 aliphatic carbocycles. The smallest absolute Gasteiger partial charge is 0.309 e. The van der Waals surface area contributed by atoms with E-state index in [1.807, 2.05) is 48.5 Å². The van der Waals surface area contributed by atoms with Gasteiger partial charge >= 0.3 is 5.97 Å². The van der Waals surface area contributed by atoms with Crippen LogP contribution in [0.15, 0.2) is 54.6 Å². The highest BCUT2D eigenvalue weighted by Crippen LogP contribution is 2.28. The number of hydrogen-bond donors (Lipinski definition) is 1. The molecular weight excluding hydrogens is 404 g/mol. The van der Waals surface area contributed by atoms with Crippen LogP contribution in [0.5, 0.6) is 0 Å². The number of para-hydroxylation sites is 1. The Bertz CT molecular complexity index is 999. The number of hydrogen-bond acceptors (Lipinski definition) is 5. The normalized spacial score (nSPS) is 16.6. The van der Waals surface area contributed by atoms with E-state index < -0.39 is 33.9 Å². The summed E-state index contributed by atoms with van der Waals surface area (Å²) < 4.78 is 29.9. The monoisotopic (exact) mass is 430 g/mol. The van der Waals surface area contributed by atoms with Crippen LogP contribution in [-0.4, -0.2) is 50.0 Å². The van der Waals surface area contributed by atoms with Gasteiger partial charge in [0.25, 0.3) is 5.91 Å². The molecule has 1 amide bonds. The maximum Gasteiger partial charge on any atom is 0.309 e. The second-order valence-electron chi connectivity index (χ2n) is 7.42. The molecule has 1 N–H and O–H groups in total. The molecule has 1 atom stereocenters. The maximum atomic E-state index is 12.6. The van der Waals surface area contributed by atoms with Gasteiger partial charge in [0, 0.05) is 24.3 Å². The van der Waals surface area contributed by atoms with E-state index in [1.54, 1.807) is 6.07 Å². The average Bonchev–Trinajstić information content (AvgIpc) is 2.74. The molecule has 7 nitrogen and oxygen atoms in total. The summed E-state index contributed by atoms with van der Waals surface area (Å²) in [6.07, 6.45) is 0.966. The van der Waals surface area contributed by atoms with Crippen LogP contribution in [0.25, 0.3) is 11.1 Å². The van der Waals surface area contributed by atoms with Crippen LogP contribution >= 0.6 is 0 Å². The van der Waals surface area contributed by atoms with E-state index >= 15 is 0 Å². The van der Waals surface area contributed by atoms with Gasteiger partial charge in [0.2, 0.25) is 10.0 Å². The van der Waals surface area contributed by atoms with Crippen LogP contribution in [-0.2, 0) is 24.3 Å². The molecule has 1 saturated heterocycles. The average molecular weight is 431 g/mol. The topological polar surface area (TPSA) is 92.8 Å². The lowest BCUT2D eigenvalue weighted by molar-refractivity contribution is -0.158. The highest BCUT2D eigenvalue weighted by atomic mass is 32.2. The minimum atomic E-state index is -3.26. The largest absolute Gasteiger partial charge is 0.452 e. The van der Waals surface area contributed by atoms with Crippen molar-refractivity contribution < 1.29 is 22.7 Å². The summed E-state index contributed by atoms with van der Waals surface area (Å²) in [6, 6.07) is 17.1. The van der Waals surface area contributed by atoms with E-state index in [2.05, 4.69) is 5.32 Å². The Morgan fingerprint density at radius 2 is 1.63 bits per heavy atom. The molecule has 1 aliphatic heterocycles. The molecule has 0 bridgehead atoms. The van der Waals surface area contributed by atoms with Gasteiger partial charge in [-0.25, -0.2) is 12.7 Å². The third-order valence-corrected chi connectivity index (χ3v) is 6.49. The van der Waals surface area contributed by atoms with Crippen LogP contribution in [0.2, 0.25) is 0 Å². The molecule has 1 unspecified atom stereocenters. The summed E-state index contributed by atoms with van der Waals surface area (Å²) in [6.45, 7) is 2.09. The number of nitrogens with zero attached hydrogens (tertiary/aromatic N) is 1. The first-order valence-electron chi connectivity index (χ1n) is 9.86. The van der Waals surface area contributed by atoms with Crippen molar-refractivity contribution in [2.75, 3.05) is 24.7 Å². The first-order valence-corrected chi connectivity index (χ1v) is 11.7. The van der Waals surface area contributed by atoms with E-state index in [0.717, 1.165) is 17.4 Å². The van der Waals surface area contributed by atoms with Crippen molar-refractivity contribution in [3.63, 3.8) is 0 Å². The van der Waals surface area contributed by atoms with Gasteiger partial charge in [-0.15, -0.1) is 0 Å². The summed E-state index contributed by atoms with van der Waals surface area (Å²) >= 11 is 0. The fourth-order valence-electron chi connectivity index (χ4n) is 3.44. The molecule has 0 spiro atoms. The molecule has 0 aromatic heterocycles. The zero-order chi connectivity index (χ0) is 21.7. The summed E-state index contributed by atoms with van der Waals surface area (Å²) in [5.74, 6) is -1.29. The number of carbonyl (C=O) groups excluding carboxylic acids is 2. The van der Waals surface area contributed by atoms with Crippen LogP contribution in [0, 0.1) is 5.92 Å². The van der Waals surface area contributed by atoms with Crippen molar-refractivity contribution in [3.05, 3.63) is 54.6 Å². The summed E-state index contributed by atoms with van der Waals surface area (Å²) in [4.78, 5) is 25.1. The molecule has 3 rings (SSSR count). The second-order valence-corrected chi connectivity index (χ2v) is 9.40. The number of sulfonamides is 1. The number of esters is 1. The van der Waals surface area contributed by atoms with Crippen molar-refractivity contribution in [1.82, 2.24) is 4.31 Å². The predicted molar refractivity (Wildman–Crippen MR) is 115 cm³/mol. The highest BCUT2D eigenvalue weighted by Gasteiger charge is 2.31. The molecule has 160 valence electrons. The SMILES string of the molecule is CC(OC(=O)C1CCN(S(C)(=O)=O)CC1)C(=O)Nc1ccccc1-c1ccccc1. The molecule has 0 radical (unpaired) electrons. The van der Waals surface area contributed by atoms with Crippen molar-refractivity contribution >= 4 is 27.6 Å². The van der Waals surface area contributed by atoms with Gasteiger partial charge < -0.3 is 10.1 Å².